The van der Waals surface area contributed by atoms with E-state index >= 15 is 0 Å². The molecule has 1 aromatic rings. The number of aliphatic hydroxyl groups is 2. The molecule has 1 fully saturated rings. The zero-order valence-corrected chi connectivity index (χ0v) is 11.9. The molecule has 1 saturated heterocycles. The van der Waals surface area contributed by atoms with Crippen LogP contribution in [0.15, 0.2) is 24.3 Å². The monoisotopic (exact) mass is 283 g/mol. The molecular formula is C15H22ClNO2. The predicted octanol–water partition coefficient (Wildman–Crippen LogP) is 2.70. The first kappa shape index (κ1) is 14.6. The van der Waals surface area contributed by atoms with Crippen molar-refractivity contribution in [1.82, 2.24) is 0 Å². The van der Waals surface area contributed by atoms with E-state index in [0.717, 1.165) is 24.3 Å². The van der Waals surface area contributed by atoms with Gasteiger partial charge in [0.25, 0.3) is 0 Å². The van der Waals surface area contributed by atoms with Gasteiger partial charge in [0.2, 0.25) is 0 Å². The molecular weight excluding hydrogens is 262 g/mol. The second kappa shape index (κ2) is 7.13. The third-order valence-electron chi connectivity index (χ3n) is 3.72. The van der Waals surface area contributed by atoms with E-state index < -0.39 is 12.2 Å². The van der Waals surface area contributed by atoms with Gasteiger partial charge in [0.15, 0.2) is 0 Å². The van der Waals surface area contributed by atoms with Crippen LogP contribution in [0, 0.1) is 0 Å². The topological polar surface area (TPSA) is 43.7 Å². The molecule has 2 rings (SSSR count). The maximum Gasteiger partial charge on any atom is 0.107 e. The summed E-state index contributed by atoms with van der Waals surface area (Å²) in [5.41, 5.74) is 1.85. The Labute approximate surface area is 119 Å². The Morgan fingerprint density at radius 2 is 1.79 bits per heavy atom. The lowest BCUT2D eigenvalue weighted by Crippen LogP contribution is -2.31. The molecule has 19 heavy (non-hydrogen) atoms. The second-order valence-corrected chi connectivity index (χ2v) is 5.47. The molecule has 3 nitrogen and oxygen atoms in total. The highest BCUT2D eigenvalue weighted by Gasteiger charge is 2.23. The Kier molecular flexibility index (Phi) is 5.49. The van der Waals surface area contributed by atoms with Crippen molar-refractivity contribution in [3.05, 3.63) is 29.8 Å². The highest BCUT2D eigenvalue weighted by Crippen LogP contribution is 2.31. The van der Waals surface area contributed by atoms with Gasteiger partial charge in [0.05, 0.1) is 6.10 Å². The van der Waals surface area contributed by atoms with Gasteiger partial charge in [0, 0.05) is 30.2 Å². The lowest BCUT2D eigenvalue weighted by molar-refractivity contribution is 0.0172. The van der Waals surface area contributed by atoms with Gasteiger partial charge in [-0.25, -0.2) is 0 Å². The fourth-order valence-corrected chi connectivity index (χ4v) is 2.86. The quantitative estimate of drug-likeness (QED) is 0.817. The van der Waals surface area contributed by atoms with Crippen LogP contribution in [-0.4, -0.2) is 35.3 Å². The minimum absolute atomic E-state index is 0.351. The standard InChI is InChI=1S/C15H22ClNO2/c16-9-8-14(18)15(19)12-6-2-3-7-13(12)17-10-4-1-5-11-17/h2-3,6-7,14-15,18-19H,1,4-5,8-11H2. The number of hydrogen-bond acceptors (Lipinski definition) is 3. The molecule has 0 bridgehead atoms. The number of halogens is 1. The first-order chi connectivity index (χ1) is 9.24. The molecule has 4 heteroatoms. The number of hydrogen-bond donors (Lipinski definition) is 2. The van der Waals surface area contributed by atoms with Crippen molar-refractivity contribution >= 4 is 17.3 Å². The number of rotatable bonds is 5. The molecule has 0 spiro atoms. The van der Waals surface area contributed by atoms with Crippen molar-refractivity contribution in [3.63, 3.8) is 0 Å². The van der Waals surface area contributed by atoms with Gasteiger partial charge in [-0.05, 0) is 31.7 Å². The lowest BCUT2D eigenvalue weighted by Gasteiger charge is -2.32. The smallest absolute Gasteiger partial charge is 0.107 e. The summed E-state index contributed by atoms with van der Waals surface area (Å²) in [6, 6.07) is 7.80. The van der Waals surface area contributed by atoms with Gasteiger partial charge in [-0.15, -0.1) is 11.6 Å². The second-order valence-electron chi connectivity index (χ2n) is 5.10. The van der Waals surface area contributed by atoms with Crippen LogP contribution in [0.3, 0.4) is 0 Å². The average molecular weight is 284 g/mol. The summed E-state index contributed by atoms with van der Waals surface area (Å²) in [7, 11) is 0. The average Bonchev–Trinajstić information content (AvgIpc) is 2.47. The molecule has 1 aliphatic heterocycles. The SMILES string of the molecule is OC(CCCl)C(O)c1ccccc1N1CCCCC1. The summed E-state index contributed by atoms with van der Waals surface area (Å²) in [4.78, 5) is 2.30. The van der Waals surface area contributed by atoms with Crippen LogP contribution in [0.5, 0.6) is 0 Å². The van der Waals surface area contributed by atoms with Crippen LogP contribution in [0.4, 0.5) is 5.69 Å². The molecule has 2 N–H and O–H groups in total. The van der Waals surface area contributed by atoms with Gasteiger partial charge >= 0.3 is 0 Å². The highest BCUT2D eigenvalue weighted by molar-refractivity contribution is 6.17. The Bertz CT molecular complexity index is 393. The van der Waals surface area contributed by atoms with Crippen molar-refractivity contribution in [1.29, 1.82) is 0 Å². The van der Waals surface area contributed by atoms with E-state index in [1.54, 1.807) is 0 Å². The Balaban J connectivity index is 2.19. The number of piperidine rings is 1. The van der Waals surface area contributed by atoms with Crippen LogP contribution in [0.25, 0.3) is 0 Å². The fourth-order valence-electron chi connectivity index (χ4n) is 2.64. The zero-order chi connectivity index (χ0) is 13.7. The molecule has 0 saturated carbocycles. The molecule has 0 aromatic heterocycles. The van der Waals surface area contributed by atoms with Gasteiger partial charge < -0.3 is 15.1 Å². The summed E-state index contributed by atoms with van der Waals surface area (Å²) in [5.74, 6) is 0.351. The molecule has 1 aromatic carbocycles. The molecule has 0 aliphatic carbocycles. The molecule has 106 valence electrons. The minimum Gasteiger partial charge on any atom is -0.390 e. The van der Waals surface area contributed by atoms with E-state index in [1.165, 1.54) is 19.3 Å². The Morgan fingerprint density at radius 1 is 1.11 bits per heavy atom. The summed E-state index contributed by atoms with van der Waals surface area (Å²) in [6.45, 7) is 2.05. The Hall–Kier alpha value is -0.770. The maximum atomic E-state index is 10.3. The maximum absolute atomic E-state index is 10.3. The van der Waals surface area contributed by atoms with Crippen molar-refractivity contribution in [2.45, 2.75) is 37.9 Å². The first-order valence-corrected chi connectivity index (χ1v) is 7.53. The summed E-state index contributed by atoms with van der Waals surface area (Å²) in [6.07, 6.45) is 2.39. The van der Waals surface area contributed by atoms with Gasteiger partial charge in [-0.1, -0.05) is 18.2 Å². The molecule has 1 heterocycles. The van der Waals surface area contributed by atoms with Gasteiger partial charge in [0.1, 0.15) is 6.10 Å². The van der Waals surface area contributed by atoms with E-state index in [0.29, 0.717) is 12.3 Å². The first-order valence-electron chi connectivity index (χ1n) is 7.00. The van der Waals surface area contributed by atoms with E-state index in [-0.39, 0.29) is 0 Å². The molecule has 2 atom stereocenters. The van der Waals surface area contributed by atoms with E-state index in [2.05, 4.69) is 4.90 Å². The van der Waals surface area contributed by atoms with Gasteiger partial charge in [-0.3, -0.25) is 0 Å². The number of alkyl halides is 1. The van der Waals surface area contributed by atoms with Crippen LogP contribution in [0.1, 0.15) is 37.4 Å². The van der Waals surface area contributed by atoms with E-state index in [9.17, 15) is 10.2 Å². The van der Waals surface area contributed by atoms with E-state index in [4.69, 9.17) is 11.6 Å². The third-order valence-corrected chi connectivity index (χ3v) is 3.94. The molecule has 0 radical (unpaired) electrons. The van der Waals surface area contributed by atoms with Crippen molar-refractivity contribution in [3.8, 4) is 0 Å². The predicted molar refractivity (Wildman–Crippen MR) is 78.8 cm³/mol. The summed E-state index contributed by atoms with van der Waals surface area (Å²) < 4.78 is 0. The minimum atomic E-state index is -0.864. The zero-order valence-electron chi connectivity index (χ0n) is 11.1. The number of nitrogens with zero attached hydrogens (tertiary/aromatic N) is 1. The summed E-state index contributed by atoms with van der Waals surface area (Å²) in [5, 5.41) is 20.2. The number of para-hydroxylation sites is 1. The molecule has 1 aliphatic rings. The van der Waals surface area contributed by atoms with Crippen molar-refractivity contribution < 1.29 is 10.2 Å². The van der Waals surface area contributed by atoms with Crippen LogP contribution < -0.4 is 4.90 Å². The number of anilines is 1. The molecule has 0 amide bonds. The van der Waals surface area contributed by atoms with Crippen LogP contribution in [-0.2, 0) is 0 Å². The van der Waals surface area contributed by atoms with E-state index in [1.807, 2.05) is 24.3 Å². The third kappa shape index (κ3) is 3.62. The Morgan fingerprint density at radius 3 is 2.47 bits per heavy atom. The van der Waals surface area contributed by atoms with Gasteiger partial charge in [-0.2, -0.15) is 0 Å². The van der Waals surface area contributed by atoms with Crippen LogP contribution >= 0.6 is 11.6 Å². The lowest BCUT2D eigenvalue weighted by atomic mass is 9.99. The molecule has 2 unspecified atom stereocenters. The normalized spacial score (nSPS) is 19.2. The highest BCUT2D eigenvalue weighted by atomic mass is 35.5. The fraction of sp³-hybridized carbons (Fsp3) is 0.600. The largest absolute Gasteiger partial charge is 0.390 e. The summed E-state index contributed by atoms with van der Waals surface area (Å²) >= 11 is 5.63. The van der Waals surface area contributed by atoms with Crippen LogP contribution in [0.2, 0.25) is 0 Å². The van der Waals surface area contributed by atoms with Crippen molar-refractivity contribution in [2.24, 2.45) is 0 Å². The number of aliphatic hydroxyl groups excluding tert-OH is 2. The van der Waals surface area contributed by atoms with Crippen molar-refractivity contribution in [2.75, 3.05) is 23.9 Å². The number of benzene rings is 1.